The fraction of sp³-hybridized carbons (Fsp3) is 0.409. The molecule has 1 saturated carbocycles. The molecule has 0 spiro atoms. The molecule has 0 aliphatic heterocycles. The smallest absolute Gasteiger partial charge is 0.303 e. The zero-order valence-electron chi connectivity index (χ0n) is 16.5. The van der Waals surface area contributed by atoms with Crippen LogP contribution in [0.1, 0.15) is 60.2 Å². The lowest BCUT2D eigenvalue weighted by molar-refractivity contribution is -0.140. The Kier molecular flexibility index (Phi) is 6.37. The molecule has 1 aromatic carbocycles. The first kappa shape index (κ1) is 21.0. The number of aryl methyl sites for hydroxylation is 1. The lowest BCUT2D eigenvalue weighted by Crippen LogP contribution is -2.32. The second-order valence-corrected chi connectivity index (χ2v) is 9.05. The molecule has 1 aliphatic carbocycles. The van der Waals surface area contributed by atoms with E-state index >= 15 is 0 Å². The molecular weight excluding hydrogens is 388 g/mol. The van der Waals surface area contributed by atoms with Gasteiger partial charge in [0, 0.05) is 16.9 Å². The molecule has 1 aromatic heterocycles. The Morgan fingerprint density at radius 1 is 1.10 bits per heavy atom. The van der Waals surface area contributed by atoms with Crippen molar-refractivity contribution >= 4 is 34.1 Å². The molecule has 29 heavy (non-hydrogen) atoms. The van der Waals surface area contributed by atoms with Gasteiger partial charge in [0.1, 0.15) is 5.00 Å². The lowest BCUT2D eigenvalue weighted by Gasteiger charge is -2.35. The van der Waals surface area contributed by atoms with Crippen molar-refractivity contribution in [3.8, 4) is 11.1 Å². The number of thiophene rings is 1. The normalized spacial score (nSPS) is 15.6. The van der Waals surface area contributed by atoms with E-state index in [9.17, 15) is 19.5 Å². The van der Waals surface area contributed by atoms with E-state index in [1.54, 1.807) is 0 Å². The number of nitrogens with two attached hydrogens (primary N) is 1. The molecule has 1 heterocycles. The number of amides is 2. The van der Waals surface area contributed by atoms with Crippen molar-refractivity contribution in [3.05, 3.63) is 40.8 Å². The fourth-order valence-corrected chi connectivity index (χ4v) is 5.47. The van der Waals surface area contributed by atoms with Gasteiger partial charge in [-0.1, -0.05) is 49.6 Å². The first-order valence-electron chi connectivity index (χ1n) is 9.81. The van der Waals surface area contributed by atoms with Crippen LogP contribution in [0.5, 0.6) is 0 Å². The number of hydrogen-bond donors (Lipinski definition) is 3. The largest absolute Gasteiger partial charge is 0.481 e. The average Bonchev–Trinajstić information content (AvgIpc) is 2.98. The van der Waals surface area contributed by atoms with Crippen LogP contribution < -0.4 is 11.1 Å². The third-order valence-electron chi connectivity index (χ3n) is 5.62. The molecule has 2 aromatic rings. The maximum Gasteiger partial charge on any atom is 0.303 e. The molecule has 0 radical (unpaired) electrons. The van der Waals surface area contributed by atoms with E-state index in [1.807, 2.05) is 37.3 Å². The molecule has 4 N–H and O–H groups in total. The van der Waals surface area contributed by atoms with E-state index in [-0.39, 0.29) is 18.7 Å². The van der Waals surface area contributed by atoms with Crippen LogP contribution in [0, 0.1) is 12.3 Å². The number of carboxylic acids is 1. The van der Waals surface area contributed by atoms with Crippen molar-refractivity contribution in [2.75, 3.05) is 5.32 Å². The number of nitrogens with one attached hydrogen (secondary N) is 1. The predicted molar refractivity (Wildman–Crippen MR) is 114 cm³/mol. The Bertz CT molecular complexity index is 914. The monoisotopic (exact) mass is 414 g/mol. The molecule has 0 bridgehead atoms. The predicted octanol–water partition coefficient (Wildman–Crippen LogP) is 4.58. The number of carboxylic acid groups (broad SMARTS) is 1. The van der Waals surface area contributed by atoms with Gasteiger partial charge >= 0.3 is 5.97 Å². The number of carbonyl (C=O) groups excluding carboxylic acids is 2. The molecular formula is C22H26N2O4S. The van der Waals surface area contributed by atoms with Crippen LogP contribution >= 0.6 is 11.3 Å². The second kappa shape index (κ2) is 8.78. The number of primary amides is 1. The summed E-state index contributed by atoms with van der Waals surface area (Å²) in [7, 11) is 0. The Hall–Kier alpha value is -2.67. The SMILES string of the molecule is Cc1sc(NC(=O)CC2(CC(=O)O)CCCCC2)c(C(N)=O)c1-c1ccccc1. The van der Waals surface area contributed by atoms with Gasteiger partial charge in [-0.3, -0.25) is 14.4 Å². The second-order valence-electron chi connectivity index (χ2n) is 7.82. The Balaban J connectivity index is 1.87. The van der Waals surface area contributed by atoms with E-state index in [1.165, 1.54) is 11.3 Å². The first-order chi connectivity index (χ1) is 13.8. The summed E-state index contributed by atoms with van der Waals surface area (Å²) in [6, 6.07) is 9.46. The quantitative estimate of drug-likeness (QED) is 0.616. The number of aliphatic carboxylic acids is 1. The zero-order chi connectivity index (χ0) is 21.0. The van der Waals surface area contributed by atoms with Crippen molar-refractivity contribution in [1.82, 2.24) is 0 Å². The average molecular weight is 415 g/mol. The highest BCUT2D eigenvalue weighted by Gasteiger charge is 2.37. The molecule has 6 nitrogen and oxygen atoms in total. The number of hydrogen-bond acceptors (Lipinski definition) is 4. The molecule has 7 heteroatoms. The van der Waals surface area contributed by atoms with Gasteiger partial charge in [-0.05, 0) is 30.7 Å². The van der Waals surface area contributed by atoms with Crippen LogP contribution in [0.4, 0.5) is 5.00 Å². The maximum atomic E-state index is 12.8. The highest BCUT2D eigenvalue weighted by Crippen LogP contribution is 2.44. The van der Waals surface area contributed by atoms with Gasteiger partial charge in [0.2, 0.25) is 5.91 Å². The highest BCUT2D eigenvalue weighted by molar-refractivity contribution is 7.17. The Morgan fingerprint density at radius 2 is 1.76 bits per heavy atom. The van der Waals surface area contributed by atoms with Crippen molar-refractivity contribution < 1.29 is 19.5 Å². The number of carbonyl (C=O) groups is 3. The molecule has 2 amide bonds. The Labute approximate surface area is 174 Å². The van der Waals surface area contributed by atoms with Gasteiger partial charge in [0.25, 0.3) is 5.91 Å². The summed E-state index contributed by atoms with van der Waals surface area (Å²) in [6.07, 6.45) is 4.52. The van der Waals surface area contributed by atoms with Gasteiger partial charge in [-0.25, -0.2) is 0 Å². The topological polar surface area (TPSA) is 109 Å². The number of rotatable bonds is 7. The molecule has 1 fully saturated rings. The molecule has 0 atom stereocenters. The third-order valence-corrected chi connectivity index (χ3v) is 6.64. The summed E-state index contributed by atoms with van der Waals surface area (Å²) in [5, 5.41) is 12.6. The molecule has 3 rings (SSSR count). The lowest BCUT2D eigenvalue weighted by atomic mass is 9.69. The van der Waals surface area contributed by atoms with Crippen molar-refractivity contribution in [1.29, 1.82) is 0 Å². The molecule has 1 aliphatic rings. The highest BCUT2D eigenvalue weighted by atomic mass is 32.1. The van der Waals surface area contributed by atoms with Crippen LogP contribution in [0.2, 0.25) is 0 Å². The number of benzene rings is 1. The van der Waals surface area contributed by atoms with E-state index in [0.717, 1.165) is 48.1 Å². The molecule has 154 valence electrons. The van der Waals surface area contributed by atoms with E-state index in [4.69, 9.17) is 5.73 Å². The molecule has 0 saturated heterocycles. The van der Waals surface area contributed by atoms with Gasteiger partial charge in [-0.15, -0.1) is 11.3 Å². The van der Waals surface area contributed by atoms with Crippen molar-refractivity contribution in [3.63, 3.8) is 0 Å². The van der Waals surface area contributed by atoms with Gasteiger partial charge in [-0.2, -0.15) is 0 Å². The van der Waals surface area contributed by atoms with Gasteiger partial charge < -0.3 is 16.2 Å². The fourth-order valence-electron chi connectivity index (χ4n) is 4.37. The van der Waals surface area contributed by atoms with Crippen LogP contribution in [0.15, 0.2) is 30.3 Å². The van der Waals surface area contributed by atoms with Crippen LogP contribution in [0.25, 0.3) is 11.1 Å². The van der Waals surface area contributed by atoms with E-state index in [2.05, 4.69) is 5.32 Å². The van der Waals surface area contributed by atoms with Crippen LogP contribution in [0.3, 0.4) is 0 Å². The standard InChI is InChI=1S/C22H26N2O4S/c1-14-18(15-8-4-2-5-9-15)19(20(23)28)21(29-14)24-16(25)12-22(13-17(26)27)10-6-3-7-11-22/h2,4-5,8-9H,3,6-7,10-13H2,1H3,(H2,23,28)(H,24,25)(H,26,27). The minimum atomic E-state index is -0.879. The summed E-state index contributed by atoms with van der Waals surface area (Å²) < 4.78 is 0. The minimum Gasteiger partial charge on any atom is -0.481 e. The van der Waals surface area contributed by atoms with Crippen molar-refractivity contribution in [2.45, 2.75) is 51.9 Å². The van der Waals surface area contributed by atoms with E-state index in [0.29, 0.717) is 10.6 Å². The van der Waals surface area contributed by atoms with Gasteiger partial charge in [0.05, 0.1) is 12.0 Å². The first-order valence-corrected chi connectivity index (χ1v) is 10.6. The van der Waals surface area contributed by atoms with Crippen LogP contribution in [-0.2, 0) is 9.59 Å². The Morgan fingerprint density at radius 3 is 2.34 bits per heavy atom. The summed E-state index contributed by atoms with van der Waals surface area (Å²) in [4.78, 5) is 37.3. The van der Waals surface area contributed by atoms with Crippen LogP contribution in [-0.4, -0.2) is 22.9 Å². The minimum absolute atomic E-state index is 0.0121. The maximum absolute atomic E-state index is 12.8. The summed E-state index contributed by atoms with van der Waals surface area (Å²) in [5.41, 5.74) is 7.05. The van der Waals surface area contributed by atoms with E-state index < -0.39 is 17.3 Å². The molecule has 0 unspecified atom stereocenters. The van der Waals surface area contributed by atoms with Crippen molar-refractivity contribution in [2.24, 2.45) is 11.1 Å². The zero-order valence-corrected chi connectivity index (χ0v) is 17.3. The van der Waals surface area contributed by atoms with Gasteiger partial charge in [0.15, 0.2) is 0 Å². The third kappa shape index (κ3) is 4.85. The summed E-state index contributed by atoms with van der Waals surface area (Å²) in [6.45, 7) is 1.89. The summed E-state index contributed by atoms with van der Waals surface area (Å²) >= 11 is 1.32. The number of anilines is 1. The summed E-state index contributed by atoms with van der Waals surface area (Å²) in [5.74, 6) is -1.74.